The zero-order chi connectivity index (χ0) is 23.1. The van der Waals surface area contributed by atoms with Crippen molar-refractivity contribution in [3.8, 4) is 0 Å². The Labute approximate surface area is 192 Å². The molecule has 0 aliphatic heterocycles. The summed E-state index contributed by atoms with van der Waals surface area (Å²) >= 11 is 0. The minimum absolute atomic E-state index is 0.0245. The topological polar surface area (TPSA) is 46.5 Å². The average molecular weight is 433 g/mol. The highest BCUT2D eigenvalue weighted by Gasteiger charge is 2.72. The molecule has 3 aliphatic rings. The molecular formula is C29H36O3. The molecule has 5 rings (SSSR count). The van der Waals surface area contributed by atoms with Gasteiger partial charge in [0.05, 0.1) is 5.56 Å². The van der Waals surface area contributed by atoms with Crippen LogP contribution in [0.15, 0.2) is 36.4 Å². The summed E-state index contributed by atoms with van der Waals surface area (Å²) in [7, 11) is 1.84. The number of rotatable bonds is 4. The maximum atomic E-state index is 11.4. The van der Waals surface area contributed by atoms with Crippen LogP contribution in [0, 0.1) is 12.8 Å². The van der Waals surface area contributed by atoms with Crippen molar-refractivity contribution >= 4 is 5.97 Å². The summed E-state index contributed by atoms with van der Waals surface area (Å²) in [5.74, 6) is -0.262. The highest BCUT2D eigenvalue weighted by Crippen LogP contribution is 2.74. The molecule has 0 heterocycles. The van der Waals surface area contributed by atoms with Gasteiger partial charge in [0, 0.05) is 12.5 Å². The number of benzene rings is 2. The van der Waals surface area contributed by atoms with Crippen molar-refractivity contribution in [3.05, 3.63) is 69.8 Å². The van der Waals surface area contributed by atoms with Crippen LogP contribution in [0.3, 0.4) is 0 Å². The number of hydrogen-bond donors (Lipinski definition) is 1. The van der Waals surface area contributed by atoms with Crippen molar-refractivity contribution in [2.75, 3.05) is 7.11 Å². The summed E-state index contributed by atoms with van der Waals surface area (Å²) in [6.45, 7) is 11.8. The Bertz CT molecular complexity index is 1090. The van der Waals surface area contributed by atoms with Gasteiger partial charge in [0.1, 0.15) is 5.60 Å². The van der Waals surface area contributed by atoms with Crippen molar-refractivity contribution in [2.45, 2.75) is 88.6 Å². The van der Waals surface area contributed by atoms with E-state index in [1.54, 1.807) is 12.1 Å². The van der Waals surface area contributed by atoms with Crippen molar-refractivity contribution in [1.29, 1.82) is 0 Å². The van der Waals surface area contributed by atoms with E-state index in [1.165, 1.54) is 35.1 Å². The van der Waals surface area contributed by atoms with Gasteiger partial charge in [-0.1, -0.05) is 52.0 Å². The Balaban J connectivity index is 1.68. The smallest absolute Gasteiger partial charge is 0.335 e. The first-order chi connectivity index (χ1) is 15.0. The first-order valence-corrected chi connectivity index (χ1v) is 12.0. The monoisotopic (exact) mass is 432 g/mol. The Morgan fingerprint density at radius 2 is 1.53 bits per heavy atom. The summed E-state index contributed by atoms with van der Waals surface area (Å²) in [4.78, 5) is 11.4. The van der Waals surface area contributed by atoms with Crippen LogP contribution >= 0.6 is 0 Å². The van der Waals surface area contributed by atoms with Crippen LogP contribution in [-0.2, 0) is 26.6 Å². The van der Waals surface area contributed by atoms with E-state index in [-0.39, 0.29) is 16.2 Å². The fourth-order valence-electron chi connectivity index (χ4n) is 7.21. The molecule has 3 atom stereocenters. The predicted octanol–water partition coefficient (Wildman–Crippen LogP) is 6.64. The lowest BCUT2D eigenvalue weighted by atomic mass is 9.61. The normalized spacial score (nSPS) is 31.6. The molecule has 170 valence electrons. The number of carboxylic acids is 1. The lowest BCUT2D eigenvalue weighted by Gasteiger charge is -2.44. The van der Waals surface area contributed by atoms with Gasteiger partial charge in [0.2, 0.25) is 0 Å². The third-order valence-electron chi connectivity index (χ3n) is 9.30. The largest absolute Gasteiger partial charge is 0.478 e. The lowest BCUT2D eigenvalue weighted by molar-refractivity contribution is -0.0422. The fourth-order valence-corrected chi connectivity index (χ4v) is 7.21. The van der Waals surface area contributed by atoms with Gasteiger partial charge in [0.25, 0.3) is 0 Å². The molecule has 0 spiro atoms. The number of carbonyl (C=O) groups is 1. The molecule has 0 bridgehead atoms. The molecule has 2 aromatic carbocycles. The summed E-state index contributed by atoms with van der Waals surface area (Å²) < 4.78 is 6.44. The van der Waals surface area contributed by atoms with Crippen LogP contribution in [0.4, 0.5) is 0 Å². The van der Waals surface area contributed by atoms with E-state index in [1.807, 2.05) is 19.2 Å². The quantitative estimate of drug-likeness (QED) is 0.589. The molecule has 0 amide bonds. The number of aryl methyl sites for hydroxylation is 1. The van der Waals surface area contributed by atoms with Crippen molar-refractivity contribution < 1.29 is 14.6 Å². The molecule has 3 unspecified atom stereocenters. The summed E-state index contributed by atoms with van der Waals surface area (Å²) in [5, 5.41) is 9.36. The van der Waals surface area contributed by atoms with Gasteiger partial charge in [-0.25, -0.2) is 4.79 Å². The molecule has 32 heavy (non-hydrogen) atoms. The third kappa shape index (κ3) is 2.73. The highest BCUT2D eigenvalue weighted by molar-refractivity contribution is 5.87. The molecule has 2 saturated carbocycles. The van der Waals surface area contributed by atoms with Crippen molar-refractivity contribution in [1.82, 2.24) is 0 Å². The summed E-state index contributed by atoms with van der Waals surface area (Å²) in [6.07, 6.45) is 5.70. The van der Waals surface area contributed by atoms with Crippen molar-refractivity contribution in [2.24, 2.45) is 5.92 Å². The van der Waals surface area contributed by atoms with E-state index >= 15 is 0 Å². The molecule has 0 radical (unpaired) electrons. The number of ether oxygens (including phenoxy) is 1. The molecule has 3 heteroatoms. The van der Waals surface area contributed by atoms with E-state index in [9.17, 15) is 9.90 Å². The summed E-state index contributed by atoms with van der Waals surface area (Å²) in [5.41, 5.74) is 7.24. The van der Waals surface area contributed by atoms with Crippen LogP contribution < -0.4 is 0 Å². The fraction of sp³-hybridized carbons (Fsp3) is 0.552. The van der Waals surface area contributed by atoms with E-state index in [4.69, 9.17) is 4.74 Å². The zero-order valence-electron chi connectivity index (χ0n) is 20.3. The molecule has 3 nitrogen and oxygen atoms in total. The maximum absolute atomic E-state index is 11.4. The van der Waals surface area contributed by atoms with Gasteiger partial charge < -0.3 is 9.84 Å². The minimum Gasteiger partial charge on any atom is -0.478 e. The predicted molar refractivity (Wildman–Crippen MR) is 128 cm³/mol. The molecule has 0 saturated heterocycles. The van der Waals surface area contributed by atoms with Crippen LogP contribution in [0.1, 0.15) is 98.0 Å². The molecule has 2 fully saturated rings. The van der Waals surface area contributed by atoms with Gasteiger partial charge in [-0.3, -0.25) is 0 Å². The SMILES string of the molecule is COC1(c2ccc(C(=O)O)cc2)CCC2CC21c1cc2c(cc1C)C(C)(C)CCC2(C)C. The van der Waals surface area contributed by atoms with Gasteiger partial charge in [-0.05, 0) is 95.7 Å². The van der Waals surface area contributed by atoms with Crippen molar-refractivity contribution in [3.63, 3.8) is 0 Å². The van der Waals surface area contributed by atoms with E-state index < -0.39 is 11.6 Å². The van der Waals surface area contributed by atoms with Gasteiger partial charge in [-0.15, -0.1) is 0 Å². The van der Waals surface area contributed by atoms with E-state index in [0.29, 0.717) is 11.5 Å². The molecule has 1 N–H and O–H groups in total. The highest BCUT2D eigenvalue weighted by atomic mass is 16.5. The molecule has 2 aromatic rings. The van der Waals surface area contributed by atoms with Gasteiger partial charge in [0.15, 0.2) is 0 Å². The number of fused-ring (bicyclic) bond motifs is 2. The number of hydrogen-bond acceptors (Lipinski definition) is 2. The second-order valence-corrected chi connectivity index (χ2v) is 11.8. The number of aromatic carboxylic acids is 1. The standard InChI is InChI=1S/C29H36O3/c1-18-15-23-24(27(4,5)14-13-26(23,2)3)16-22(18)28-17-21(28)11-12-29(28,32-6)20-9-7-19(8-10-20)25(30)31/h7-10,15-16,21H,11-14,17H2,1-6H3,(H,30,31). The van der Waals surface area contributed by atoms with Crippen LogP contribution in [-0.4, -0.2) is 18.2 Å². The van der Waals surface area contributed by atoms with Crippen LogP contribution in [0.5, 0.6) is 0 Å². The lowest BCUT2D eigenvalue weighted by Crippen LogP contribution is -2.41. The second kappa shape index (κ2) is 6.70. The van der Waals surface area contributed by atoms with Crippen LogP contribution in [0.25, 0.3) is 0 Å². The van der Waals surface area contributed by atoms with E-state index in [2.05, 4.69) is 46.8 Å². The first kappa shape index (κ1) is 21.7. The molecule has 3 aliphatic carbocycles. The van der Waals surface area contributed by atoms with Gasteiger partial charge >= 0.3 is 5.97 Å². The second-order valence-electron chi connectivity index (χ2n) is 11.8. The number of carboxylic acid groups (broad SMARTS) is 1. The maximum Gasteiger partial charge on any atom is 0.335 e. The summed E-state index contributed by atoms with van der Waals surface area (Å²) in [6, 6.07) is 12.4. The number of methoxy groups -OCH3 is 1. The van der Waals surface area contributed by atoms with Gasteiger partial charge in [-0.2, -0.15) is 0 Å². The molecular weight excluding hydrogens is 396 g/mol. The van der Waals surface area contributed by atoms with E-state index in [0.717, 1.165) is 24.8 Å². The average Bonchev–Trinajstić information content (AvgIpc) is 3.40. The Morgan fingerprint density at radius 1 is 0.938 bits per heavy atom. The third-order valence-corrected chi connectivity index (χ3v) is 9.30. The first-order valence-electron chi connectivity index (χ1n) is 12.0. The Hall–Kier alpha value is -2.13. The Kier molecular flexibility index (Phi) is 4.54. The molecule has 0 aromatic heterocycles. The van der Waals surface area contributed by atoms with Crippen LogP contribution in [0.2, 0.25) is 0 Å². The zero-order valence-corrected chi connectivity index (χ0v) is 20.3. The Morgan fingerprint density at radius 3 is 2.06 bits per heavy atom. The minimum atomic E-state index is -0.885.